The summed E-state index contributed by atoms with van der Waals surface area (Å²) in [5, 5.41) is 8.58. The second-order valence-electron chi connectivity index (χ2n) is 2.73. The smallest absolute Gasteiger partial charge is 0.0626 e. The maximum Gasteiger partial charge on any atom is 0.0626 e. The Hall–Kier alpha value is -0.0800. The summed E-state index contributed by atoms with van der Waals surface area (Å²) < 4.78 is 0. The molecular formula is C6H14NO. The Morgan fingerprint density at radius 1 is 1.62 bits per heavy atom. The van der Waals surface area contributed by atoms with Crippen molar-refractivity contribution in [3.63, 3.8) is 0 Å². The minimum absolute atomic E-state index is 0.0509. The van der Waals surface area contributed by atoms with Crippen molar-refractivity contribution in [3.8, 4) is 0 Å². The monoisotopic (exact) mass is 116 g/mol. The van der Waals surface area contributed by atoms with E-state index in [2.05, 4.69) is 0 Å². The van der Waals surface area contributed by atoms with Crippen LogP contribution < -0.4 is 5.73 Å². The number of aliphatic hydroxyl groups excluding tert-OH is 1. The highest BCUT2D eigenvalue weighted by Gasteiger charge is 2.21. The molecule has 1 atom stereocenters. The van der Waals surface area contributed by atoms with Crippen LogP contribution >= 0.6 is 0 Å². The molecule has 0 saturated carbocycles. The minimum Gasteiger partial charge on any atom is -0.394 e. The van der Waals surface area contributed by atoms with Crippen molar-refractivity contribution in [2.75, 3.05) is 6.61 Å². The van der Waals surface area contributed by atoms with Crippen LogP contribution in [0.1, 0.15) is 20.8 Å². The molecule has 0 fully saturated rings. The van der Waals surface area contributed by atoms with Gasteiger partial charge in [0.25, 0.3) is 0 Å². The average Bonchev–Trinajstić information content (AvgIpc) is 1.67. The van der Waals surface area contributed by atoms with Crippen LogP contribution in [0.2, 0.25) is 0 Å². The summed E-state index contributed by atoms with van der Waals surface area (Å²) in [6, 6.07) is 0. The molecule has 0 rings (SSSR count). The largest absolute Gasteiger partial charge is 0.394 e. The SMILES string of the molecule is CC(C)C(C)([NH])CO. The van der Waals surface area contributed by atoms with Gasteiger partial charge in [0.15, 0.2) is 0 Å². The third-order valence-electron chi connectivity index (χ3n) is 1.60. The van der Waals surface area contributed by atoms with Gasteiger partial charge < -0.3 is 5.11 Å². The number of hydrogen-bond acceptors (Lipinski definition) is 1. The zero-order valence-corrected chi connectivity index (χ0v) is 5.73. The van der Waals surface area contributed by atoms with Crippen molar-refractivity contribution < 1.29 is 5.11 Å². The third-order valence-corrected chi connectivity index (χ3v) is 1.60. The van der Waals surface area contributed by atoms with E-state index in [1.165, 1.54) is 0 Å². The molecular weight excluding hydrogens is 102 g/mol. The second-order valence-corrected chi connectivity index (χ2v) is 2.73. The first-order chi connectivity index (χ1) is 3.50. The Morgan fingerprint density at radius 2 is 2.00 bits per heavy atom. The summed E-state index contributed by atoms with van der Waals surface area (Å²) in [6.45, 7) is 5.55. The highest BCUT2D eigenvalue weighted by molar-refractivity contribution is 4.79. The number of nitrogens with one attached hydrogen (secondary N) is 1. The Kier molecular flexibility index (Phi) is 2.44. The molecule has 0 aromatic carbocycles. The summed E-state index contributed by atoms with van der Waals surface area (Å²) >= 11 is 0. The summed E-state index contributed by atoms with van der Waals surface area (Å²) in [5.41, 5.74) is 6.73. The molecule has 0 aliphatic carbocycles. The van der Waals surface area contributed by atoms with Gasteiger partial charge in [0.2, 0.25) is 0 Å². The van der Waals surface area contributed by atoms with Crippen LogP contribution in [0.4, 0.5) is 0 Å². The molecule has 0 saturated heterocycles. The van der Waals surface area contributed by atoms with Crippen LogP contribution in [0, 0.1) is 5.92 Å². The van der Waals surface area contributed by atoms with E-state index in [1.807, 2.05) is 13.8 Å². The standard InChI is InChI=1S/C6H14NO/c1-5(2)6(3,7)4-8/h5,7-8H,4H2,1-3H3. The van der Waals surface area contributed by atoms with Crippen LogP contribution in [0.15, 0.2) is 0 Å². The fourth-order valence-electron chi connectivity index (χ4n) is 0.183. The van der Waals surface area contributed by atoms with E-state index in [4.69, 9.17) is 10.8 Å². The molecule has 0 aromatic rings. The normalized spacial score (nSPS) is 18.8. The van der Waals surface area contributed by atoms with Crippen molar-refractivity contribution in [3.05, 3.63) is 0 Å². The zero-order chi connectivity index (χ0) is 6.78. The number of rotatable bonds is 2. The first-order valence-electron chi connectivity index (χ1n) is 2.86. The lowest BCUT2D eigenvalue weighted by Crippen LogP contribution is -2.36. The van der Waals surface area contributed by atoms with E-state index in [-0.39, 0.29) is 12.5 Å². The van der Waals surface area contributed by atoms with Crippen LogP contribution in [0.25, 0.3) is 0 Å². The topological polar surface area (TPSA) is 44.0 Å². The average molecular weight is 116 g/mol. The first-order valence-corrected chi connectivity index (χ1v) is 2.86. The molecule has 0 aliphatic rings. The molecule has 0 aromatic heterocycles. The van der Waals surface area contributed by atoms with Gasteiger partial charge in [0.1, 0.15) is 0 Å². The highest BCUT2D eigenvalue weighted by atomic mass is 16.3. The Labute approximate surface area is 50.7 Å². The minimum atomic E-state index is -0.653. The van der Waals surface area contributed by atoms with Crippen LogP contribution in [0.3, 0.4) is 0 Å². The number of aliphatic hydroxyl groups is 1. The van der Waals surface area contributed by atoms with Gasteiger partial charge in [-0.25, -0.2) is 5.73 Å². The van der Waals surface area contributed by atoms with Gasteiger partial charge >= 0.3 is 0 Å². The third kappa shape index (κ3) is 1.80. The summed E-state index contributed by atoms with van der Waals surface area (Å²) in [7, 11) is 0. The number of hydrogen-bond donors (Lipinski definition) is 1. The Bertz CT molecular complexity index is 68.9. The predicted molar refractivity (Wildman–Crippen MR) is 33.4 cm³/mol. The van der Waals surface area contributed by atoms with E-state index >= 15 is 0 Å². The van der Waals surface area contributed by atoms with Gasteiger partial charge in [-0.05, 0) is 12.8 Å². The van der Waals surface area contributed by atoms with Gasteiger partial charge in [-0.2, -0.15) is 0 Å². The lowest BCUT2D eigenvalue weighted by atomic mass is 9.91. The van der Waals surface area contributed by atoms with Gasteiger partial charge in [0.05, 0.1) is 12.1 Å². The van der Waals surface area contributed by atoms with Crippen molar-refractivity contribution in [2.45, 2.75) is 26.3 Å². The van der Waals surface area contributed by atoms with Crippen molar-refractivity contribution >= 4 is 0 Å². The molecule has 2 N–H and O–H groups in total. The summed E-state index contributed by atoms with van der Waals surface area (Å²) in [5.74, 6) is 0.229. The molecule has 0 heterocycles. The maximum atomic E-state index is 8.58. The lowest BCUT2D eigenvalue weighted by molar-refractivity contribution is 0.163. The quantitative estimate of drug-likeness (QED) is 0.566. The molecule has 0 amide bonds. The van der Waals surface area contributed by atoms with Gasteiger partial charge in [-0.15, -0.1) is 0 Å². The molecule has 49 valence electrons. The van der Waals surface area contributed by atoms with Crippen LogP contribution in [0.5, 0.6) is 0 Å². The van der Waals surface area contributed by atoms with E-state index in [9.17, 15) is 0 Å². The summed E-state index contributed by atoms with van der Waals surface area (Å²) in [4.78, 5) is 0. The highest BCUT2D eigenvalue weighted by Crippen LogP contribution is 2.12. The fourth-order valence-corrected chi connectivity index (χ4v) is 0.183. The molecule has 0 aliphatic heterocycles. The predicted octanol–water partition coefficient (Wildman–Crippen LogP) is 0.676. The van der Waals surface area contributed by atoms with Crippen molar-refractivity contribution in [1.29, 1.82) is 0 Å². The Morgan fingerprint density at radius 3 is 2.00 bits per heavy atom. The van der Waals surface area contributed by atoms with E-state index in [0.29, 0.717) is 0 Å². The van der Waals surface area contributed by atoms with Crippen LogP contribution in [-0.2, 0) is 0 Å². The van der Waals surface area contributed by atoms with E-state index in [1.54, 1.807) is 6.92 Å². The van der Waals surface area contributed by atoms with E-state index < -0.39 is 5.54 Å². The molecule has 1 radical (unpaired) electrons. The van der Waals surface area contributed by atoms with Gasteiger partial charge in [-0.3, -0.25) is 0 Å². The molecule has 0 bridgehead atoms. The zero-order valence-electron chi connectivity index (χ0n) is 5.73. The first kappa shape index (κ1) is 7.92. The molecule has 8 heavy (non-hydrogen) atoms. The van der Waals surface area contributed by atoms with Gasteiger partial charge in [-0.1, -0.05) is 13.8 Å². The fraction of sp³-hybridized carbons (Fsp3) is 1.00. The van der Waals surface area contributed by atoms with E-state index in [0.717, 1.165) is 0 Å². The van der Waals surface area contributed by atoms with Crippen molar-refractivity contribution in [2.24, 2.45) is 5.92 Å². The Balaban J connectivity index is 3.71. The molecule has 1 unspecified atom stereocenters. The molecule has 2 heteroatoms. The summed E-state index contributed by atoms with van der Waals surface area (Å²) in [6.07, 6.45) is 0. The second kappa shape index (κ2) is 2.46. The molecule has 0 spiro atoms. The van der Waals surface area contributed by atoms with Crippen LogP contribution in [-0.4, -0.2) is 17.3 Å². The van der Waals surface area contributed by atoms with Crippen molar-refractivity contribution in [1.82, 2.24) is 5.73 Å². The lowest BCUT2D eigenvalue weighted by Gasteiger charge is -2.24. The maximum absolute atomic E-state index is 8.58. The molecule has 2 nitrogen and oxygen atoms in total. The van der Waals surface area contributed by atoms with Gasteiger partial charge in [0, 0.05) is 0 Å².